The van der Waals surface area contributed by atoms with E-state index in [1.165, 1.54) is 0 Å². The summed E-state index contributed by atoms with van der Waals surface area (Å²) in [5.41, 5.74) is 0. The van der Waals surface area contributed by atoms with Crippen LogP contribution in [0.25, 0.3) is 0 Å². The van der Waals surface area contributed by atoms with Gasteiger partial charge >= 0.3 is 5.97 Å². The summed E-state index contributed by atoms with van der Waals surface area (Å²) in [6.45, 7) is 1.72. The zero-order chi connectivity index (χ0) is 9.14. The molecule has 0 heterocycles. The Kier molecular flexibility index (Phi) is 2.66. The Morgan fingerprint density at radius 1 is 1.83 bits per heavy atom. The molecule has 0 aromatic rings. The second-order valence-corrected chi connectivity index (χ2v) is 3.10. The maximum atomic E-state index is 10.4. The highest BCUT2D eigenvalue weighted by atomic mass is 16.4. The van der Waals surface area contributed by atoms with E-state index in [0.717, 1.165) is 12.8 Å². The van der Waals surface area contributed by atoms with Crippen molar-refractivity contribution in [3.63, 3.8) is 0 Å². The molecule has 1 aliphatic carbocycles. The molecular formula is C8H12N2O2. The summed E-state index contributed by atoms with van der Waals surface area (Å²) in [5.74, 6) is -0.857. The van der Waals surface area contributed by atoms with E-state index in [2.05, 4.69) is 6.07 Å². The molecule has 0 aromatic carbocycles. The molecule has 4 nitrogen and oxygen atoms in total. The lowest BCUT2D eigenvalue weighted by atomic mass is 10.3. The molecule has 0 saturated heterocycles. The van der Waals surface area contributed by atoms with Crippen LogP contribution in [0.15, 0.2) is 0 Å². The number of hydrogen-bond acceptors (Lipinski definition) is 3. The maximum absolute atomic E-state index is 10.4. The molecule has 0 bridgehead atoms. The SMILES string of the molecule is CC(C#N)N(CC(=O)O)C1CC1. The Balaban J connectivity index is 2.49. The predicted molar refractivity (Wildman–Crippen MR) is 42.4 cm³/mol. The van der Waals surface area contributed by atoms with E-state index in [0.29, 0.717) is 6.04 Å². The summed E-state index contributed by atoms with van der Waals surface area (Å²) in [6, 6.07) is 2.10. The summed E-state index contributed by atoms with van der Waals surface area (Å²) in [6.07, 6.45) is 2.05. The van der Waals surface area contributed by atoms with Crippen molar-refractivity contribution in [1.29, 1.82) is 5.26 Å². The number of carbonyl (C=O) groups is 1. The number of aliphatic carboxylic acids is 1. The van der Waals surface area contributed by atoms with E-state index < -0.39 is 5.97 Å². The minimum absolute atomic E-state index is 0.0145. The van der Waals surface area contributed by atoms with Gasteiger partial charge < -0.3 is 5.11 Å². The average Bonchev–Trinajstić information content (AvgIpc) is 2.81. The third-order valence-electron chi connectivity index (χ3n) is 2.02. The molecule has 0 spiro atoms. The molecule has 0 amide bonds. The lowest BCUT2D eigenvalue weighted by Gasteiger charge is -2.21. The van der Waals surface area contributed by atoms with Gasteiger partial charge in [0, 0.05) is 6.04 Å². The summed E-state index contributed by atoms with van der Waals surface area (Å²) in [7, 11) is 0. The lowest BCUT2D eigenvalue weighted by molar-refractivity contribution is -0.138. The quantitative estimate of drug-likeness (QED) is 0.661. The van der Waals surface area contributed by atoms with Gasteiger partial charge in [0.2, 0.25) is 0 Å². The molecule has 0 aromatic heterocycles. The Labute approximate surface area is 71.4 Å². The van der Waals surface area contributed by atoms with Crippen LogP contribution in [-0.4, -0.2) is 34.6 Å². The van der Waals surface area contributed by atoms with Crippen LogP contribution in [0.1, 0.15) is 19.8 Å². The number of nitriles is 1. The van der Waals surface area contributed by atoms with Crippen LogP contribution in [0, 0.1) is 11.3 Å². The van der Waals surface area contributed by atoms with Gasteiger partial charge in [-0.2, -0.15) is 5.26 Å². The second-order valence-electron chi connectivity index (χ2n) is 3.10. The fraction of sp³-hybridized carbons (Fsp3) is 0.750. The fourth-order valence-corrected chi connectivity index (χ4v) is 1.22. The number of rotatable bonds is 4. The Morgan fingerprint density at radius 3 is 2.75 bits per heavy atom. The largest absolute Gasteiger partial charge is 0.480 e. The molecule has 1 N–H and O–H groups in total. The van der Waals surface area contributed by atoms with Gasteiger partial charge in [0.25, 0.3) is 0 Å². The van der Waals surface area contributed by atoms with Crippen molar-refractivity contribution in [3.05, 3.63) is 0 Å². The Hall–Kier alpha value is -1.08. The van der Waals surface area contributed by atoms with Gasteiger partial charge in [0.05, 0.1) is 18.7 Å². The first-order valence-electron chi connectivity index (χ1n) is 4.02. The molecule has 1 unspecified atom stereocenters. The van der Waals surface area contributed by atoms with Crippen LogP contribution >= 0.6 is 0 Å². The van der Waals surface area contributed by atoms with Crippen LogP contribution in [0.5, 0.6) is 0 Å². The van der Waals surface area contributed by atoms with E-state index in [9.17, 15) is 4.79 Å². The van der Waals surface area contributed by atoms with Crippen molar-refractivity contribution in [3.8, 4) is 6.07 Å². The summed E-state index contributed by atoms with van der Waals surface area (Å²) >= 11 is 0. The number of carboxylic acid groups (broad SMARTS) is 1. The first-order valence-corrected chi connectivity index (χ1v) is 4.02. The van der Waals surface area contributed by atoms with Gasteiger partial charge in [-0.1, -0.05) is 0 Å². The van der Waals surface area contributed by atoms with Crippen molar-refractivity contribution in [1.82, 2.24) is 4.90 Å². The molecule has 1 aliphatic rings. The summed E-state index contributed by atoms with van der Waals surface area (Å²) in [4.78, 5) is 12.1. The molecule has 1 saturated carbocycles. The molecule has 0 radical (unpaired) electrons. The Morgan fingerprint density at radius 2 is 2.42 bits per heavy atom. The van der Waals surface area contributed by atoms with Gasteiger partial charge in [-0.25, -0.2) is 0 Å². The van der Waals surface area contributed by atoms with Crippen molar-refractivity contribution < 1.29 is 9.90 Å². The lowest BCUT2D eigenvalue weighted by Crippen LogP contribution is -2.38. The standard InChI is InChI=1S/C8H12N2O2/c1-6(4-9)10(5-8(11)12)7-2-3-7/h6-7H,2-3,5H2,1H3,(H,11,12). The van der Waals surface area contributed by atoms with Gasteiger partial charge in [0.15, 0.2) is 0 Å². The zero-order valence-corrected chi connectivity index (χ0v) is 7.03. The van der Waals surface area contributed by atoms with Crippen LogP contribution in [0.3, 0.4) is 0 Å². The van der Waals surface area contributed by atoms with Crippen molar-refractivity contribution in [2.75, 3.05) is 6.54 Å². The number of carboxylic acids is 1. The molecule has 1 atom stereocenters. The number of hydrogen-bond donors (Lipinski definition) is 1. The smallest absolute Gasteiger partial charge is 0.317 e. The zero-order valence-electron chi connectivity index (χ0n) is 7.03. The third-order valence-corrected chi connectivity index (χ3v) is 2.02. The van der Waals surface area contributed by atoms with Gasteiger partial charge in [-0.15, -0.1) is 0 Å². The van der Waals surface area contributed by atoms with Crippen LogP contribution in [0.4, 0.5) is 0 Å². The molecule has 1 fully saturated rings. The molecule has 0 aliphatic heterocycles. The van der Waals surface area contributed by atoms with E-state index >= 15 is 0 Å². The third kappa shape index (κ3) is 2.21. The fourth-order valence-electron chi connectivity index (χ4n) is 1.22. The molecule has 4 heteroatoms. The van der Waals surface area contributed by atoms with E-state index in [1.807, 2.05) is 0 Å². The van der Waals surface area contributed by atoms with E-state index in [1.54, 1.807) is 11.8 Å². The molecular weight excluding hydrogens is 156 g/mol. The number of nitrogens with zero attached hydrogens (tertiary/aromatic N) is 2. The summed E-state index contributed by atoms with van der Waals surface area (Å²) in [5, 5.41) is 17.2. The van der Waals surface area contributed by atoms with Gasteiger partial charge in [-0.3, -0.25) is 9.69 Å². The highest BCUT2D eigenvalue weighted by molar-refractivity contribution is 5.69. The topological polar surface area (TPSA) is 64.3 Å². The second kappa shape index (κ2) is 3.55. The average molecular weight is 168 g/mol. The molecule has 66 valence electrons. The van der Waals surface area contributed by atoms with Crippen molar-refractivity contribution in [2.45, 2.75) is 31.8 Å². The van der Waals surface area contributed by atoms with Crippen LogP contribution in [0.2, 0.25) is 0 Å². The van der Waals surface area contributed by atoms with Crippen LogP contribution in [-0.2, 0) is 4.79 Å². The molecule has 12 heavy (non-hydrogen) atoms. The predicted octanol–water partition coefficient (Wildman–Crippen LogP) is 0.447. The minimum atomic E-state index is -0.857. The highest BCUT2D eigenvalue weighted by Crippen LogP contribution is 2.27. The minimum Gasteiger partial charge on any atom is -0.480 e. The van der Waals surface area contributed by atoms with Gasteiger partial charge in [0.1, 0.15) is 0 Å². The van der Waals surface area contributed by atoms with Gasteiger partial charge in [-0.05, 0) is 19.8 Å². The van der Waals surface area contributed by atoms with Crippen molar-refractivity contribution in [2.24, 2.45) is 0 Å². The van der Waals surface area contributed by atoms with Crippen LogP contribution < -0.4 is 0 Å². The normalized spacial score (nSPS) is 18.8. The van der Waals surface area contributed by atoms with E-state index in [4.69, 9.17) is 10.4 Å². The first-order chi connectivity index (χ1) is 5.65. The monoisotopic (exact) mass is 168 g/mol. The highest BCUT2D eigenvalue weighted by Gasteiger charge is 2.33. The first kappa shape index (κ1) is 9.01. The summed E-state index contributed by atoms with van der Waals surface area (Å²) < 4.78 is 0. The molecule has 1 rings (SSSR count). The van der Waals surface area contributed by atoms with E-state index in [-0.39, 0.29) is 12.6 Å². The Bertz CT molecular complexity index is 218. The van der Waals surface area contributed by atoms with Crippen molar-refractivity contribution >= 4 is 5.97 Å². The maximum Gasteiger partial charge on any atom is 0.317 e.